The van der Waals surface area contributed by atoms with Gasteiger partial charge in [0, 0.05) is 49.9 Å². The molecule has 9 nitrogen and oxygen atoms in total. The molecule has 2 aromatic carbocycles. The summed E-state index contributed by atoms with van der Waals surface area (Å²) in [5, 5.41) is 11.5. The van der Waals surface area contributed by atoms with Gasteiger partial charge in [-0.2, -0.15) is 4.31 Å². The number of hydrogen-bond donors (Lipinski definition) is 1. The Morgan fingerprint density at radius 3 is 2.38 bits per heavy atom. The minimum absolute atomic E-state index is 0.0628. The molecule has 1 fully saturated rings. The van der Waals surface area contributed by atoms with Crippen LogP contribution in [-0.4, -0.2) is 54.6 Å². The fourth-order valence-electron chi connectivity index (χ4n) is 3.18. The van der Waals surface area contributed by atoms with E-state index in [4.69, 9.17) is 17.3 Å². The first-order valence-electron chi connectivity index (χ1n) is 8.74. The normalized spacial score (nSPS) is 15.9. The third-order valence-corrected chi connectivity index (χ3v) is 7.14. The van der Waals surface area contributed by atoms with E-state index in [1.165, 1.54) is 28.6 Å². The van der Waals surface area contributed by atoms with Crippen LogP contribution in [0.25, 0.3) is 0 Å². The molecule has 3 rings (SSSR count). The van der Waals surface area contributed by atoms with Crippen molar-refractivity contribution in [2.75, 3.05) is 26.2 Å². The molecule has 11 heteroatoms. The van der Waals surface area contributed by atoms with Crippen LogP contribution >= 0.6 is 11.6 Å². The summed E-state index contributed by atoms with van der Waals surface area (Å²) in [5.41, 5.74) is 5.50. The van der Waals surface area contributed by atoms with Crippen molar-refractivity contribution in [3.05, 3.63) is 68.7 Å². The Balaban J connectivity index is 1.71. The highest BCUT2D eigenvalue weighted by Crippen LogP contribution is 2.26. The van der Waals surface area contributed by atoms with Crippen LogP contribution in [0.3, 0.4) is 0 Å². The Kier molecular flexibility index (Phi) is 6.18. The van der Waals surface area contributed by atoms with Crippen LogP contribution in [0.15, 0.2) is 47.4 Å². The summed E-state index contributed by atoms with van der Waals surface area (Å²) < 4.78 is 27.0. The first-order chi connectivity index (χ1) is 13.7. The van der Waals surface area contributed by atoms with Crippen molar-refractivity contribution in [3.63, 3.8) is 0 Å². The molecule has 0 bridgehead atoms. The molecule has 1 amide bonds. The molecule has 1 aliphatic heterocycles. The number of carbonyl (C=O) groups is 1. The Labute approximate surface area is 172 Å². The summed E-state index contributed by atoms with van der Waals surface area (Å²) in [4.78, 5) is 24.0. The molecule has 1 heterocycles. The van der Waals surface area contributed by atoms with E-state index in [-0.39, 0.29) is 40.8 Å². The Morgan fingerprint density at radius 2 is 1.79 bits per heavy atom. The molecule has 2 aromatic rings. The van der Waals surface area contributed by atoms with Crippen molar-refractivity contribution in [1.29, 1.82) is 0 Å². The number of nitro groups is 1. The van der Waals surface area contributed by atoms with E-state index in [2.05, 4.69) is 0 Å². The molecule has 2 N–H and O–H groups in total. The maximum atomic E-state index is 12.8. The van der Waals surface area contributed by atoms with Gasteiger partial charge in [0.1, 0.15) is 4.90 Å². The number of piperazine rings is 1. The highest BCUT2D eigenvalue weighted by Gasteiger charge is 2.30. The minimum Gasteiger partial charge on any atom is -0.366 e. The van der Waals surface area contributed by atoms with Gasteiger partial charge in [-0.3, -0.25) is 19.8 Å². The van der Waals surface area contributed by atoms with Crippen LogP contribution in [0.4, 0.5) is 5.69 Å². The minimum atomic E-state index is -3.71. The van der Waals surface area contributed by atoms with Crippen molar-refractivity contribution < 1.29 is 18.1 Å². The SMILES string of the molecule is NC(=O)c1ccc(CN2CCN(S(=O)(=O)c3ccccc3Cl)CC2)c([N+](=O)[O-])c1. The van der Waals surface area contributed by atoms with E-state index in [0.717, 1.165) is 6.07 Å². The predicted molar refractivity (Wildman–Crippen MR) is 107 cm³/mol. The fraction of sp³-hybridized carbons (Fsp3) is 0.278. The second kappa shape index (κ2) is 8.46. The zero-order valence-corrected chi connectivity index (χ0v) is 16.9. The van der Waals surface area contributed by atoms with Crippen molar-refractivity contribution in [3.8, 4) is 0 Å². The molecule has 0 unspecified atom stereocenters. The first kappa shape index (κ1) is 21.2. The molecule has 0 spiro atoms. The predicted octanol–water partition coefficient (Wildman–Crippen LogP) is 1.85. The van der Waals surface area contributed by atoms with Gasteiger partial charge in [0.15, 0.2) is 0 Å². The van der Waals surface area contributed by atoms with Crippen molar-refractivity contribution in [1.82, 2.24) is 9.21 Å². The quantitative estimate of drug-likeness (QED) is 0.541. The third-order valence-electron chi connectivity index (χ3n) is 4.75. The van der Waals surface area contributed by atoms with Gasteiger partial charge >= 0.3 is 0 Å². The highest BCUT2D eigenvalue weighted by atomic mass is 35.5. The molecule has 154 valence electrons. The summed E-state index contributed by atoms with van der Waals surface area (Å²) in [5.74, 6) is -0.738. The molecule has 0 radical (unpaired) electrons. The third kappa shape index (κ3) is 4.56. The summed E-state index contributed by atoms with van der Waals surface area (Å²) in [7, 11) is -3.71. The maximum absolute atomic E-state index is 12.8. The number of sulfonamides is 1. The average molecular weight is 439 g/mol. The summed E-state index contributed by atoms with van der Waals surface area (Å²) in [6.45, 7) is 1.54. The van der Waals surface area contributed by atoms with Crippen LogP contribution in [0.2, 0.25) is 5.02 Å². The van der Waals surface area contributed by atoms with Crippen molar-refractivity contribution >= 4 is 33.2 Å². The first-order valence-corrected chi connectivity index (χ1v) is 10.6. The number of halogens is 1. The molecule has 1 aliphatic rings. The largest absolute Gasteiger partial charge is 0.366 e. The smallest absolute Gasteiger partial charge is 0.274 e. The number of nitrogens with two attached hydrogens (primary N) is 1. The highest BCUT2D eigenvalue weighted by molar-refractivity contribution is 7.89. The van der Waals surface area contributed by atoms with Crippen molar-refractivity contribution in [2.45, 2.75) is 11.4 Å². The number of hydrogen-bond acceptors (Lipinski definition) is 6. The van der Waals surface area contributed by atoms with E-state index in [0.29, 0.717) is 18.7 Å². The lowest BCUT2D eigenvalue weighted by Crippen LogP contribution is -2.48. The zero-order chi connectivity index (χ0) is 21.2. The van der Waals surface area contributed by atoms with Gasteiger partial charge in [0.05, 0.1) is 9.95 Å². The molecule has 0 aliphatic carbocycles. The Morgan fingerprint density at radius 1 is 1.14 bits per heavy atom. The lowest BCUT2D eigenvalue weighted by atomic mass is 10.1. The van der Waals surface area contributed by atoms with Gasteiger partial charge in [-0.1, -0.05) is 29.8 Å². The lowest BCUT2D eigenvalue weighted by Gasteiger charge is -2.34. The van der Waals surface area contributed by atoms with Gasteiger partial charge in [0.25, 0.3) is 5.69 Å². The summed E-state index contributed by atoms with van der Waals surface area (Å²) in [6.07, 6.45) is 0. The Hall–Kier alpha value is -2.53. The number of primary amides is 1. The van der Waals surface area contributed by atoms with Crippen LogP contribution in [0.1, 0.15) is 15.9 Å². The van der Waals surface area contributed by atoms with Crippen molar-refractivity contribution in [2.24, 2.45) is 5.73 Å². The van der Waals surface area contributed by atoms with E-state index in [1.54, 1.807) is 12.1 Å². The molecular formula is C18H19ClN4O5S. The molecular weight excluding hydrogens is 420 g/mol. The van der Waals surface area contributed by atoms with Crippen LogP contribution in [0, 0.1) is 10.1 Å². The number of benzene rings is 2. The zero-order valence-electron chi connectivity index (χ0n) is 15.3. The van der Waals surface area contributed by atoms with Gasteiger partial charge in [0.2, 0.25) is 15.9 Å². The van der Waals surface area contributed by atoms with E-state index in [1.807, 2.05) is 4.90 Å². The molecule has 1 saturated heterocycles. The number of nitrogens with zero attached hydrogens (tertiary/aromatic N) is 3. The number of amides is 1. The van der Waals surface area contributed by atoms with Gasteiger partial charge in [-0.25, -0.2) is 8.42 Å². The van der Waals surface area contributed by atoms with Crippen LogP contribution in [0.5, 0.6) is 0 Å². The molecule has 0 aromatic heterocycles. The van der Waals surface area contributed by atoms with Crippen LogP contribution in [-0.2, 0) is 16.6 Å². The average Bonchev–Trinajstić information content (AvgIpc) is 2.68. The lowest BCUT2D eigenvalue weighted by molar-refractivity contribution is -0.385. The topological polar surface area (TPSA) is 127 Å². The Bertz CT molecular complexity index is 1050. The van der Waals surface area contributed by atoms with E-state index < -0.39 is 20.9 Å². The number of rotatable bonds is 6. The molecule has 0 saturated carbocycles. The van der Waals surface area contributed by atoms with Crippen LogP contribution < -0.4 is 5.73 Å². The summed E-state index contributed by atoms with van der Waals surface area (Å²) >= 11 is 6.03. The standard InChI is InChI=1S/C18H19ClN4O5S/c19-15-3-1-2-4-17(15)29(27,28)22-9-7-21(8-10-22)12-14-6-5-13(18(20)24)11-16(14)23(25)26/h1-6,11H,7-10,12H2,(H2,20,24). The van der Waals surface area contributed by atoms with Gasteiger partial charge in [-0.05, 0) is 18.2 Å². The van der Waals surface area contributed by atoms with E-state index in [9.17, 15) is 23.3 Å². The number of nitro benzene ring substituents is 1. The van der Waals surface area contributed by atoms with Gasteiger partial charge in [-0.15, -0.1) is 0 Å². The monoisotopic (exact) mass is 438 g/mol. The second-order valence-corrected chi connectivity index (χ2v) is 8.89. The second-order valence-electron chi connectivity index (χ2n) is 6.58. The maximum Gasteiger partial charge on any atom is 0.274 e. The molecule has 29 heavy (non-hydrogen) atoms. The van der Waals surface area contributed by atoms with E-state index >= 15 is 0 Å². The number of carbonyl (C=O) groups excluding carboxylic acids is 1. The van der Waals surface area contributed by atoms with Gasteiger partial charge < -0.3 is 5.73 Å². The molecule has 0 atom stereocenters. The fourth-order valence-corrected chi connectivity index (χ4v) is 5.10. The summed E-state index contributed by atoms with van der Waals surface area (Å²) in [6, 6.07) is 10.4.